The molecule has 1 aromatic heterocycles. The first-order valence-corrected chi connectivity index (χ1v) is 8.34. The lowest BCUT2D eigenvalue weighted by Crippen LogP contribution is -2.41. The van der Waals surface area contributed by atoms with Crippen LogP contribution in [0.5, 0.6) is 0 Å². The molecular weight excluding hydrogens is 299 g/mol. The van der Waals surface area contributed by atoms with Crippen molar-refractivity contribution in [3.8, 4) is 0 Å². The van der Waals surface area contributed by atoms with Gasteiger partial charge in [-0.15, -0.1) is 0 Å². The van der Waals surface area contributed by atoms with Crippen molar-refractivity contribution in [3.05, 3.63) is 47.7 Å². The van der Waals surface area contributed by atoms with Crippen LogP contribution in [-0.4, -0.2) is 23.3 Å². The van der Waals surface area contributed by atoms with Gasteiger partial charge in [0, 0.05) is 17.3 Å². The molecule has 0 atom stereocenters. The lowest BCUT2D eigenvalue weighted by atomic mass is 9.77. The van der Waals surface area contributed by atoms with E-state index in [1.807, 2.05) is 24.4 Å². The Morgan fingerprint density at radius 3 is 2.25 bits per heavy atom. The van der Waals surface area contributed by atoms with Crippen LogP contribution in [0.1, 0.15) is 38.8 Å². The highest BCUT2D eigenvalue weighted by atomic mass is 16.7. The molecule has 0 saturated carbocycles. The van der Waals surface area contributed by atoms with Gasteiger partial charge in [-0.2, -0.15) is 0 Å². The van der Waals surface area contributed by atoms with Crippen molar-refractivity contribution in [1.82, 2.24) is 4.98 Å². The van der Waals surface area contributed by atoms with E-state index in [1.54, 1.807) is 0 Å². The van der Waals surface area contributed by atoms with Gasteiger partial charge in [0.15, 0.2) is 0 Å². The molecular formula is C19H25BN2O2. The summed E-state index contributed by atoms with van der Waals surface area (Å²) in [5.41, 5.74) is 3.63. The Hall–Kier alpha value is -1.85. The second kappa shape index (κ2) is 5.90. The maximum atomic E-state index is 6.12. The zero-order chi connectivity index (χ0) is 17.5. The molecule has 1 N–H and O–H groups in total. The third-order valence-corrected chi connectivity index (χ3v) is 4.95. The standard InChI is InChI=1S/C19H25BN2O2/c1-13-8-7-9-15(10-13)22-17-11-14(2)16(12-21-17)20-23-18(3,4)19(5,6)24-20/h7-12H,1-6H3,(H,21,22). The van der Waals surface area contributed by atoms with Gasteiger partial charge in [0.1, 0.15) is 5.82 Å². The number of aryl methyl sites for hydroxylation is 2. The van der Waals surface area contributed by atoms with Crippen molar-refractivity contribution in [3.63, 3.8) is 0 Å². The Labute approximate surface area is 144 Å². The number of nitrogens with one attached hydrogen (secondary N) is 1. The summed E-state index contributed by atoms with van der Waals surface area (Å²) in [6, 6.07) is 10.3. The molecule has 0 amide bonds. The van der Waals surface area contributed by atoms with Gasteiger partial charge in [0.05, 0.1) is 11.2 Å². The highest BCUT2D eigenvalue weighted by Crippen LogP contribution is 2.36. The largest absolute Gasteiger partial charge is 0.496 e. The number of aromatic nitrogens is 1. The predicted octanol–water partition coefficient (Wildman–Crippen LogP) is 3.74. The first kappa shape index (κ1) is 17.0. The predicted molar refractivity (Wildman–Crippen MR) is 99.2 cm³/mol. The molecule has 1 fully saturated rings. The van der Waals surface area contributed by atoms with E-state index in [4.69, 9.17) is 9.31 Å². The van der Waals surface area contributed by atoms with Gasteiger partial charge in [-0.1, -0.05) is 12.1 Å². The molecule has 0 unspecified atom stereocenters. The summed E-state index contributed by atoms with van der Waals surface area (Å²) < 4.78 is 12.2. The molecule has 4 nitrogen and oxygen atoms in total. The molecule has 1 aromatic carbocycles. The number of hydrogen-bond donors (Lipinski definition) is 1. The molecule has 0 bridgehead atoms. The molecule has 126 valence electrons. The number of hydrogen-bond acceptors (Lipinski definition) is 4. The van der Waals surface area contributed by atoms with Crippen molar-refractivity contribution in [2.45, 2.75) is 52.7 Å². The number of pyridine rings is 1. The van der Waals surface area contributed by atoms with Gasteiger partial charge in [0.25, 0.3) is 0 Å². The first-order valence-electron chi connectivity index (χ1n) is 8.34. The smallest absolute Gasteiger partial charge is 0.399 e. The second-order valence-corrected chi connectivity index (χ2v) is 7.51. The number of nitrogens with zero attached hydrogens (tertiary/aromatic N) is 1. The van der Waals surface area contributed by atoms with Gasteiger partial charge in [-0.05, 0) is 70.9 Å². The molecule has 1 aliphatic heterocycles. The van der Waals surface area contributed by atoms with Gasteiger partial charge < -0.3 is 14.6 Å². The van der Waals surface area contributed by atoms with E-state index in [-0.39, 0.29) is 18.3 Å². The van der Waals surface area contributed by atoms with Crippen LogP contribution in [0, 0.1) is 13.8 Å². The Morgan fingerprint density at radius 2 is 1.67 bits per heavy atom. The normalized spacial score (nSPS) is 18.7. The minimum atomic E-state index is -0.379. The van der Waals surface area contributed by atoms with E-state index in [0.717, 1.165) is 22.5 Å². The van der Waals surface area contributed by atoms with Crippen LogP contribution in [0.4, 0.5) is 11.5 Å². The summed E-state index contributed by atoms with van der Waals surface area (Å²) in [5.74, 6) is 0.818. The quantitative estimate of drug-likeness (QED) is 0.874. The molecule has 0 radical (unpaired) electrons. The van der Waals surface area contributed by atoms with Crippen molar-refractivity contribution in [2.75, 3.05) is 5.32 Å². The Balaban J connectivity index is 1.81. The molecule has 3 rings (SSSR count). The van der Waals surface area contributed by atoms with Gasteiger partial charge >= 0.3 is 7.12 Å². The molecule has 1 saturated heterocycles. The fourth-order valence-electron chi connectivity index (χ4n) is 2.72. The fraction of sp³-hybridized carbons (Fsp3) is 0.421. The summed E-state index contributed by atoms with van der Waals surface area (Å²) in [7, 11) is -0.379. The number of rotatable bonds is 3. The molecule has 5 heteroatoms. The Morgan fingerprint density at radius 1 is 1.00 bits per heavy atom. The van der Waals surface area contributed by atoms with Crippen LogP contribution in [0.25, 0.3) is 0 Å². The van der Waals surface area contributed by atoms with Gasteiger partial charge in [0.2, 0.25) is 0 Å². The molecule has 2 heterocycles. The molecule has 0 aliphatic carbocycles. The van der Waals surface area contributed by atoms with Crippen molar-refractivity contribution >= 4 is 24.1 Å². The summed E-state index contributed by atoms with van der Waals surface area (Å²) in [6.45, 7) is 12.4. The zero-order valence-electron chi connectivity index (χ0n) is 15.3. The minimum Gasteiger partial charge on any atom is -0.399 e. The van der Waals surface area contributed by atoms with E-state index in [0.29, 0.717) is 0 Å². The van der Waals surface area contributed by atoms with Crippen molar-refractivity contribution in [1.29, 1.82) is 0 Å². The highest BCUT2D eigenvalue weighted by molar-refractivity contribution is 6.62. The van der Waals surface area contributed by atoms with Crippen LogP contribution >= 0.6 is 0 Å². The average Bonchev–Trinajstić information content (AvgIpc) is 2.67. The molecule has 24 heavy (non-hydrogen) atoms. The summed E-state index contributed by atoms with van der Waals surface area (Å²) in [5, 5.41) is 3.34. The van der Waals surface area contributed by atoms with Crippen LogP contribution in [0.3, 0.4) is 0 Å². The fourth-order valence-corrected chi connectivity index (χ4v) is 2.72. The van der Waals surface area contributed by atoms with Gasteiger partial charge in [-0.3, -0.25) is 0 Å². The summed E-state index contributed by atoms with van der Waals surface area (Å²) in [4.78, 5) is 4.53. The SMILES string of the molecule is Cc1cccc(Nc2cc(C)c(B3OC(C)(C)C(C)(C)O3)cn2)c1. The highest BCUT2D eigenvalue weighted by Gasteiger charge is 2.52. The molecule has 0 spiro atoms. The lowest BCUT2D eigenvalue weighted by molar-refractivity contribution is 0.00578. The van der Waals surface area contributed by atoms with E-state index in [2.05, 4.69) is 64.0 Å². The molecule has 1 aliphatic rings. The number of benzene rings is 1. The summed E-state index contributed by atoms with van der Waals surface area (Å²) >= 11 is 0. The number of anilines is 2. The van der Waals surface area contributed by atoms with Crippen LogP contribution in [-0.2, 0) is 9.31 Å². The maximum absolute atomic E-state index is 6.12. The Bertz CT molecular complexity index is 743. The zero-order valence-corrected chi connectivity index (χ0v) is 15.3. The third kappa shape index (κ3) is 3.19. The average molecular weight is 324 g/mol. The van der Waals surface area contributed by atoms with E-state index >= 15 is 0 Å². The van der Waals surface area contributed by atoms with Crippen molar-refractivity contribution < 1.29 is 9.31 Å². The second-order valence-electron chi connectivity index (χ2n) is 7.51. The van der Waals surface area contributed by atoms with Gasteiger partial charge in [-0.25, -0.2) is 4.98 Å². The maximum Gasteiger partial charge on any atom is 0.496 e. The topological polar surface area (TPSA) is 43.4 Å². The van der Waals surface area contributed by atoms with Crippen LogP contribution in [0.2, 0.25) is 0 Å². The van der Waals surface area contributed by atoms with Crippen LogP contribution < -0.4 is 10.8 Å². The lowest BCUT2D eigenvalue weighted by Gasteiger charge is -2.32. The first-order chi connectivity index (χ1) is 11.2. The van der Waals surface area contributed by atoms with E-state index < -0.39 is 0 Å². The van der Waals surface area contributed by atoms with Crippen molar-refractivity contribution in [2.24, 2.45) is 0 Å². The minimum absolute atomic E-state index is 0.345. The monoisotopic (exact) mass is 324 g/mol. The summed E-state index contributed by atoms with van der Waals surface area (Å²) in [6.07, 6.45) is 1.84. The molecule has 2 aromatic rings. The third-order valence-electron chi connectivity index (χ3n) is 4.95. The van der Waals surface area contributed by atoms with E-state index in [1.165, 1.54) is 5.56 Å². The van der Waals surface area contributed by atoms with E-state index in [9.17, 15) is 0 Å². The Kier molecular flexibility index (Phi) is 4.18. The van der Waals surface area contributed by atoms with Crippen LogP contribution in [0.15, 0.2) is 36.5 Å².